The number of benzene rings is 3. The highest BCUT2D eigenvalue weighted by Gasteiger charge is 2.44. The van der Waals surface area contributed by atoms with Crippen molar-refractivity contribution in [3.63, 3.8) is 0 Å². The topological polar surface area (TPSA) is 101 Å². The third kappa shape index (κ3) is 18.8. The summed E-state index contributed by atoms with van der Waals surface area (Å²) in [5.74, 6) is 0.856. The summed E-state index contributed by atoms with van der Waals surface area (Å²) in [5.41, 5.74) is 2.11. The molecule has 2 N–H and O–H groups in total. The lowest BCUT2D eigenvalue weighted by molar-refractivity contribution is -0.206. The van der Waals surface area contributed by atoms with Crippen molar-refractivity contribution in [3.05, 3.63) is 66.2 Å². The molecule has 0 aromatic heterocycles. The molecule has 10 heteroatoms. The molecule has 1 atom stereocenters. The van der Waals surface area contributed by atoms with Crippen LogP contribution in [0.1, 0.15) is 212 Å². The number of unbranched alkanes of at least 4 members (excludes halogenated alkanes) is 28. The second-order valence-corrected chi connectivity index (χ2v) is 20.5. The second-order valence-electron chi connectivity index (χ2n) is 18.0. The third-order valence-corrected chi connectivity index (χ3v) is 15.2. The fourth-order valence-electron chi connectivity index (χ4n) is 8.86. The SMILES string of the molecule is CCCCCCCCCCCCCCCCCC[N+]1(c2ccccc2)N=NN=C1Sc1c(O)cc(SCCCCCCCCCCCCCCCC)c(O)c1-c1ccccc1C([O-])=S. The first-order chi connectivity index (χ1) is 31.4. The molecule has 0 radical (unpaired) electrons. The lowest BCUT2D eigenvalue weighted by Crippen LogP contribution is -2.46. The lowest BCUT2D eigenvalue weighted by Gasteiger charge is -2.27. The number of hydrogen-bond donors (Lipinski definition) is 2. The Labute approximate surface area is 402 Å². The van der Waals surface area contributed by atoms with Gasteiger partial charge >= 0.3 is 5.17 Å². The number of phenolic OH excluding ortho intramolecular Hbond substituents is 2. The molecule has 0 saturated carbocycles. The Kier molecular flexibility index (Phi) is 27.4. The fourth-order valence-corrected chi connectivity index (χ4v) is 11.2. The Hall–Kier alpha value is -2.92. The number of phenols is 2. The van der Waals surface area contributed by atoms with Gasteiger partial charge in [0, 0.05) is 22.9 Å². The first-order valence-electron chi connectivity index (χ1n) is 25.6. The van der Waals surface area contributed by atoms with Crippen molar-refractivity contribution in [2.75, 3.05) is 12.3 Å². The van der Waals surface area contributed by atoms with Gasteiger partial charge in [0.15, 0.2) is 5.69 Å². The van der Waals surface area contributed by atoms with Gasteiger partial charge in [-0.2, -0.15) is 0 Å². The summed E-state index contributed by atoms with van der Waals surface area (Å²) in [6.45, 7) is 5.22. The number of thioether (sulfide) groups is 2. The number of para-hydroxylation sites is 1. The number of quaternary nitrogens is 1. The van der Waals surface area contributed by atoms with Gasteiger partial charge in [0.05, 0.1) is 15.0 Å². The van der Waals surface area contributed by atoms with Crippen LogP contribution in [0, 0.1) is 0 Å². The zero-order valence-corrected chi connectivity index (χ0v) is 42.2. The van der Waals surface area contributed by atoms with Crippen molar-refractivity contribution in [1.82, 2.24) is 4.59 Å². The zero-order chi connectivity index (χ0) is 45.5. The molecule has 64 heavy (non-hydrogen) atoms. The molecule has 1 heterocycles. The Morgan fingerprint density at radius 1 is 0.594 bits per heavy atom. The van der Waals surface area contributed by atoms with Crippen LogP contribution in [-0.2, 0) is 0 Å². The number of hydrogen-bond acceptors (Lipinski definition) is 9. The van der Waals surface area contributed by atoms with E-state index < -0.39 is 5.05 Å². The number of amidine groups is 1. The first-order valence-corrected chi connectivity index (χ1v) is 27.8. The van der Waals surface area contributed by atoms with Gasteiger partial charge < -0.3 is 15.3 Å². The highest BCUT2D eigenvalue weighted by Crippen LogP contribution is 2.51. The van der Waals surface area contributed by atoms with Crippen molar-refractivity contribution in [1.29, 1.82) is 0 Å². The maximum atomic E-state index is 12.8. The second kappa shape index (κ2) is 32.7. The van der Waals surface area contributed by atoms with E-state index >= 15 is 0 Å². The van der Waals surface area contributed by atoms with Gasteiger partial charge in [0.25, 0.3) is 0 Å². The number of aromatic hydroxyl groups is 2. The molecule has 0 spiro atoms. The highest BCUT2D eigenvalue weighted by molar-refractivity contribution is 8.14. The number of rotatable bonds is 37. The van der Waals surface area contributed by atoms with Gasteiger partial charge in [-0.25, -0.2) is 0 Å². The predicted octanol–water partition coefficient (Wildman–Crippen LogP) is 17.4. The van der Waals surface area contributed by atoms with Gasteiger partial charge in [0.2, 0.25) is 0 Å². The summed E-state index contributed by atoms with van der Waals surface area (Å²) in [6.07, 6.45) is 39.1. The summed E-state index contributed by atoms with van der Waals surface area (Å²) in [7, 11) is 0. The molecule has 0 fully saturated rings. The Bertz CT molecular complexity index is 1810. The molecule has 0 amide bonds. The Morgan fingerprint density at radius 3 is 1.55 bits per heavy atom. The van der Waals surface area contributed by atoms with Gasteiger partial charge in [-0.1, -0.05) is 252 Å². The van der Waals surface area contributed by atoms with Gasteiger partial charge in [-0.15, -0.1) is 11.8 Å². The smallest absolute Gasteiger partial charge is 0.322 e. The number of thiocarbonyl (C=S) groups is 1. The molecule has 0 bridgehead atoms. The molecule has 3 aromatic rings. The number of nitrogens with zero attached hydrogens (tertiary/aromatic N) is 4. The summed E-state index contributed by atoms with van der Waals surface area (Å²) < 4.78 is 0.0704. The van der Waals surface area contributed by atoms with E-state index in [2.05, 4.69) is 24.2 Å². The average Bonchev–Trinajstić information content (AvgIpc) is 3.72. The monoisotopic (exact) mass is 931 g/mol. The van der Waals surface area contributed by atoms with Crippen LogP contribution in [-0.4, -0.2) is 32.7 Å². The molecule has 1 aliphatic heterocycles. The molecule has 4 rings (SSSR count). The van der Waals surface area contributed by atoms with Crippen LogP contribution in [0.4, 0.5) is 5.69 Å². The van der Waals surface area contributed by atoms with E-state index in [0.717, 1.165) is 37.1 Å². The Morgan fingerprint density at radius 2 is 1.05 bits per heavy atom. The molecular formula is C54H82N4O3S3. The summed E-state index contributed by atoms with van der Waals surface area (Å²) in [6, 6.07) is 18.8. The zero-order valence-electron chi connectivity index (χ0n) is 39.7. The minimum absolute atomic E-state index is 0.0102. The lowest BCUT2D eigenvalue weighted by atomic mass is 9.98. The first kappa shape index (κ1) is 53.7. The Balaban J connectivity index is 1.34. The van der Waals surface area contributed by atoms with E-state index in [4.69, 9.17) is 17.4 Å². The predicted molar refractivity (Wildman–Crippen MR) is 279 cm³/mol. The molecular weight excluding hydrogens is 849 g/mol. The van der Waals surface area contributed by atoms with Crippen molar-refractivity contribution < 1.29 is 15.3 Å². The van der Waals surface area contributed by atoms with Gasteiger partial charge in [-0.05, 0) is 59.0 Å². The summed E-state index contributed by atoms with van der Waals surface area (Å²) in [5, 5.41) is 50.4. The minimum atomic E-state index is -0.521. The van der Waals surface area contributed by atoms with Crippen molar-refractivity contribution >= 4 is 51.6 Å². The maximum absolute atomic E-state index is 12.8. The molecule has 1 unspecified atom stereocenters. The fraction of sp³-hybridized carbons (Fsp3) is 0.630. The molecule has 354 valence electrons. The molecule has 1 aliphatic rings. The standard InChI is InChI=1S/C54H82N4O3S3/c1-3-5-7-9-11-13-15-17-19-20-21-23-25-27-29-36-42-58(45-38-32-31-33-39-45)54(55-56-57-58)64-52-48(59)44-49(51(60)50(52)46-40-34-35-41-47(46)53(61)62)63-43-37-30-28-26-24-22-18-16-14-12-10-8-6-4-2/h31-35,38-41,44H,3-30,36-37,42-43H2,1-2H3,(H2-,56,57,59,60,61,62). The van der Waals surface area contributed by atoms with Crippen LogP contribution in [0.5, 0.6) is 11.5 Å². The molecule has 3 aromatic carbocycles. The molecule has 7 nitrogen and oxygen atoms in total. The van der Waals surface area contributed by atoms with E-state index in [9.17, 15) is 15.3 Å². The average molecular weight is 931 g/mol. The summed E-state index contributed by atoms with van der Waals surface area (Å²) >= 11 is 7.98. The van der Waals surface area contributed by atoms with E-state index in [-0.39, 0.29) is 16.1 Å². The summed E-state index contributed by atoms with van der Waals surface area (Å²) in [4.78, 5) is 0.983. The van der Waals surface area contributed by atoms with Crippen molar-refractivity contribution in [2.45, 2.75) is 216 Å². The molecule has 0 saturated heterocycles. The van der Waals surface area contributed by atoms with Crippen LogP contribution in [0.2, 0.25) is 0 Å². The van der Waals surface area contributed by atoms with Crippen LogP contribution in [0.25, 0.3) is 11.1 Å². The third-order valence-electron chi connectivity index (χ3n) is 12.7. The van der Waals surface area contributed by atoms with Crippen LogP contribution in [0.3, 0.4) is 0 Å². The van der Waals surface area contributed by atoms with Gasteiger partial charge in [-0.3, -0.25) is 0 Å². The van der Waals surface area contributed by atoms with Crippen molar-refractivity contribution in [2.24, 2.45) is 15.5 Å². The highest BCUT2D eigenvalue weighted by atomic mass is 32.2. The maximum Gasteiger partial charge on any atom is 0.322 e. The van der Waals surface area contributed by atoms with E-state index in [1.807, 2.05) is 36.4 Å². The van der Waals surface area contributed by atoms with Crippen molar-refractivity contribution in [3.8, 4) is 22.6 Å². The van der Waals surface area contributed by atoms with Crippen LogP contribution >= 0.6 is 35.7 Å². The normalized spacial score (nSPS) is 14.7. The largest absolute Gasteiger partial charge is 0.864 e. The quantitative estimate of drug-likeness (QED) is 0.0196. The van der Waals surface area contributed by atoms with Crippen LogP contribution in [0.15, 0.2) is 86.0 Å². The van der Waals surface area contributed by atoms with E-state index in [0.29, 0.717) is 38.2 Å². The minimum Gasteiger partial charge on any atom is -0.864 e. The van der Waals surface area contributed by atoms with E-state index in [1.54, 1.807) is 36.0 Å². The van der Waals surface area contributed by atoms with E-state index in [1.165, 1.54) is 179 Å². The van der Waals surface area contributed by atoms with Gasteiger partial charge in [0.1, 0.15) is 18.0 Å². The molecule has 0 aliphatic carbocycles. The van der Waals surface area contributed by atoms with Crippen LogP contribution < -0.4 is 9.70 Å².